The second kappa shape index (κ2) is 10.6. The molecule has 1 aliphatic carbocycles. The van der Waals surface area contributed by atoms with Crippen molar-refractivity contribution < 1.29 is 8.42 Å². The molecule has 1 saturated carbocycles. The van der Waals surface area contributed by atoms with Gasteiger partial charge in [-0.05, 0) is 37.3 Å². The number of nitrogens with one attached hydrogen (secondary N) is 1. The molecule has 0 aromatic heterocycles. The van der Waals surface area contributed by atoms with E-state index in [0.29, 0.717) is 35.5 Å². The number of hydrogen-bond acceptors (Lipinski definition) is 3. The standard InChI is InChI=1S/C19H30N4O2S.HI/c20-19(22-17-10-3-1-4-11-17)21-15-16-9-5-6-12-18(16)26(24,25)23-13-7-2-8-14-23;/h5-6,9,12,17H,1-4,7-8,10-11,13-15H2,(H3,20,21,22);1H. The maximum absolute atomic E-state index is 13.0. The largest absolute Gasteiger partial charge is 0.370 e. The molecule has 8 heteroatoms. The van der Waals surface area contributed by atoms with Gasteiger partial charge in [-0.2, -0.15) is 4.31 Å². The number of piperidine rings is 1. The molecule has 1 aromatic carbocycles. The highest BCUT2D eigenvalue weighted by molar-refractivity contribution is 14.0. The summed E-state index contributed by atoms with van der Waals surface area (Å²) in [6.07, 6.45) is 8.93. The zero-order valence-electron chi connectivity index (χ0n) is 15.8. The van der Waals surface area contributed by atoms with Gasteiger partial charge in [0.05, 0.1) is 11.4 Å². The van der Waals surface area contributed by atoms with Crippen LogP contribution in [0, 0.1) is 0 Å². The van der Waals surface area contributed by atoms with Gasteiger partial charge >= 0.3 is 0 Å². The number of halogens is 1. The lowest BCUT2D eigenvalue weighted by Crippen LogP contribution is -2.41. The van der Waals surface area contributed by atoms with E-state index in [2.05, 4.69) is 10.3 Å². The van der Waals surface area contributed by atoms with Crippen molar-refractivity contribution in [1.29, 1.82) is 0 Å². The fraction of sp³-hybridized carbons (Fsp3) is 0.632. The molecule has 1 heterocycles. The minimum Gasteiger partial charge on any atom is -0.370 e. The van der Waals surface area contributed by atoms with Crippen molar-refractivity contribution in [3.05, 3.63) is 29.8 Å². The molecule has 1 aromatic rings. The lowest BCUT2D eigenvalue weighted by Gasteiger charge is -2.26. The Bertz CT molecular complexity index is 727. The lowest BCUT2D eigenvalue weighted by molar-refractivity contribution is 0.346. The van der Waals surface area contributed by atoms with Crippen molar-refractivity contribution in [3.8, 4) is 0 Å². The molecule has 1 saturated heterocycles. The Morgan fingerprint density at radius 3 is 2.41 bits per heavy atom. The summed E-state index contributed by atoms with van der Waals surface area (Å²) in [4.78, 5) is 4.77. The molecular formula is C19H31IN4O2S. The Kier molecular flexibility index (Phi) is 8.81. The number of nitrogens with zero attached hydrogens (tertiary/aromatic N) is 2. The van der Waals surface area contributed by atoms with Gasteiger partial charge in [0.15, 0.2) is 5.96 Å². The predicted octanol–water partition coefficient (Wildman–Crippen LogP) is 3.22. The minimum atomic E-state index is -3.46. The molecule has 27 heavy (non-hydrogen) atoms. The van der Waals surface area contributed by atoms with Crippen LogP contribution >= 0.6 is 24.0 Å². The average molecular weight is 506 g/mol. The van der Waals surface area contributed by atoms with Gasteiger partial charge in [0, 0.05) is 19.1 Å². The Balaban J connectivity index is 0.00000261. The first-order valence-corrected chi connectivity index (χ1v) is 11.2. The van der Waals surface area contributed by atoms with Crippen molar-refractivity contribution >= 4 is 40.0 Å². The zero-order chi connectivity index (χ0) is 18.4. The van der Waals surface area contributed by atoms with Crippen LogP contribution < -0.4 is 11.1 Å². The van der Waals surface area contributed by atoms with Gasteiger partial charge in [-0.1, -0.05) is 43.9 Å². The number of guanidine groups is 1. The molecular weight excluding hydrogens is 475 g/mol. The van der Waals surface area contributed by atoms with Crippen LogP contribution in [0.3, 0.4) is 0 Å². The van der Waals surface area contributed by atoms with Gasteiger partial charge in [-0.15, -0.1) is 24.0 Å². The van der Waals surface area contributed by atoms with Crippen molar-refractivity contribution in [3.63, 3.8) is 0 Å². The first-order valence-electron chi connectivity index (χ1n) is 9.72. The Morgan fingerprint density at radius 2 is 1.70 bits per heavy atom. The first kappa shape index (κ1) is 22.4. The summed E-state index contributed by atoms with van der Waals surface area (Å²) < 4.78 is 27.6. The molecule has 0 unspecified atom stereocenters. The third-order valence-corrected chi connectivity index (χ3v) is 7.28. The number of benzene rings is 1. The summed E-state index contributed by atoms with van der Waals surface area (Å²) >= 11 is 0. The van der Waals surface area contributed by atoms with Crippen LogP contribution in [-0.4, -0.2) is 37.8 Å². The molecule has 152 valence electrons. The van der Waals surface area contributed by atoms with E-state index in [1.54, 1.807) is 16.4 Å². The Labute approximate surface area is 180 Å². The highest BCUT2D eigenvalue weighted by Crippen LogP contribution is 2.24. The van der Waals surface area contributed by atoms with Crippen LogP contribution in [0.2, 0.25) is 0 Å². The highest BCUT2D eigenvalue weighted by Gasteiger charge is 2.27. The molecule has 6 nitrogen and oxygen atoms in total. The number of rotatable bonds is 5. The van der Waals surface area contributed by atoms with E-state index in [1.165, 1.54) is 19.3 Å². The molecule has 2 fully saturated rings. The SMILES string of the molecule is I.NC(=NCc1ccccc1S(=O)(=O)N1CCCCC1)NC1CCCCC1. The lowest BCUT2D eigenvalue weighted by atomic mass is 9.96. The highest BCUT2D eigenvalue weighted by atomic mass is 127. The number of nitrogens with two attached hydrogens (primary N) is 1. The fourth-order valence-corrected chi connectivity index (χ4v) is 5.53. The van der Waals surface area contributed by atoms with Crippen molar-refractivity contribution in [1.82, 2.24) is 9.62 Å². The van der Waals surface area contributed by atoms with Crippen molar-refractivity contribution in [2.75, 3.05) is 13.1 Å². The number of sulfonamides is 1. The summed E-state index contributed by atoms with van der Waals surface area (Å²) in [5.41, 5.74) is 6.73. The molecule has 3 N–H and O–H groups in total. The van der Waals surface area contributed by atoms with Gasteiger partial charge in [0.1, 0.15) is 0 Å². The molecule has 1 aliphatic heterocycles. The third-order valence-electron chi connectivity index (χ3n) is 5.28. The predicted molar refractivity (Wildman–Crippen MR) is 120 cm³/mol. The van der Waals surface area contributed by atoms with Gasteiger partial charge in [0.25, 0.3) is 0 Å². The quantitative estimate of drug-likeness (QED) is 0.365. The van der Waals surface area contributed by atoms with Gasteiger partial charge in [-0.3, -0.25) is 0 Å². The van der Waals surface area contributed by atoms with Crippen LogP contribution in [0.15, 0.2) is 34.2 Å². The molecule has 0 atom stereocenters. The van der Waals surface area contributed by atoms with Crippen LogP contribution in [0.1, 0.15) is 56.9 Å². The van der Waals surface area contributed by atoms with E-state index in [1.807, 2.05) is 12.1 Å². The first-order chi connectivity index (χ1) is 12.6. The van der Waals surface area contributed by atoms with Crippen LogP contribution in [-0.2, 0) is 16.6 Å². The molecule has 3 rings (SSSR count). The van der Waals surface area contributed by atoms with Crippen LogP contribution in [0.5, 0.6) is 0 Å². The number of aliphatic imine (C=N–C) groups is 1. The van der Waals surface area contributed by atoms with E-state index in [0.717, 1.165) is 32.1 Å². The minimum absolute atomic E-state index is 0. The smallest absolute Gasteiger partial charge is 0.243 e. The van der Waals surface area contributed by atoms with E-state index in [9.17, 15) is 8.42 Å². The maximum Gasteiger partial charge on any atom is 0.243 e. The summed E-state index contributed by atoms with van der Waals surface area (Å²) in [6.45, 7) is 1.48. The Morgan fingerprint density at radius 1 is 1.07 bits per heavy atom. The molecule has 0 bridgehead atoms. The molecule has 0 radical (unpaired) electrons. The third kappa shape index (κ3) is 6.05. The maximum atomic E-state index is 13.0. The van der Waals surface area contributed by atoms with Gasteiger partial charge < -0.3 is 11.1 Å². The Hall–Kier alpha value is -0.870. The van der Waals surface area contributed by atoms with Gasteiger partial charge in [-0.25, -0.2) is 13.4 Å². The fourth-order valence-electron chi connectivity index (χ4n) is 3.80. The van der Waals surface area contributed by atoms with Crippen molar-refractivity contribution in [2.45, 2.75) is 68.8 Å². The summed E-state index contributed by atoms with van der Waals surface area (Å²) in [5, 5.41) is 3.28. The van der Waals surface area contributed by atoms with E-state index in [-0.39, 0.29) is 30.5 Å². The van der Waals surface area contributed by atoms with E-state index < -0.39 is 10.0 Å². The molecule has 2 aliphatic rings. The van der Waals surface area contributed by atoms with Gasteiger partial charge in [0.2, 0.25) is 10.0 Å². The zero-order valence-corrected chi connectivity index (χ0v) is 18.9. The molecule has 0 spiro atoms. The van der Waals surface area contributed by atoms with E-state index >= 15 is 0 Å². The second-order valence-electron chi connectivity index (χ2n) is 7.25. The monoisotopic (exact) mass is 506 g/mol. The second-order valence-corrected chi connectivity index (χ2v) is 9.16. The normalized spacial score (nSPS) is 20.1. The topological polar surface area (TPSA) is 87.8 Å². The van der Waals surface area contributed by atoms with Crippen LogP contribution in [0.4, 0.5) is 0 Å². The summed E-state index contributed by atoms with van der Waals surface area (Å²) in [7, 11) is -3.46. The van der Waals surface area contributed by atoms with Crippen molar-refractivity contribution in [2.24, 2.45) is 10.7 Å². The van der Waals surface area contributed by atoms with Crippen LogP contribution in [0.25, 0.3) is 0 Å². The average Bonchev–Trinajstić information content (AvgIpc) is 2.68. The van der Waals surface area contributed by atoms with E-state index in [4.69, 9.17) is 5.73 Å². The summed E-state index contributed by atoms with van der Waals surface area (Å²) in [5.74, 6) is 0.405. The molecule has 0 amide bonds. The number of hydrogen-bond donors (Lipinski definition) is 2. The summed E-state index contributed by atoms with van der Waals surface area (Å²) in [6, 6.07) is 7.52.